The zero-order chi connectivity index (χ0) is 20.7. The van der Waals surface area contributed by atoms with E-state index in [9.17, 15) is 14.4 Å². The number of carbonyl (C=O) groups is 1. The fourth-order valence-corrected chi connectivity index (χ4v) is 7.18. The maximum Gasteiger partial charge on any atom is 0.278 e. The minimum absolute atomic E-state index is 0.00716. The number of nitrogens with one attached hydrogen (secondary N) is 1. The molecule has 0 spiro atoms. The van der Waals surface area contributed by atoms with Gasteiger partial charge in [-0.3, -0.25) is 4.79 Å². The van der Waals surface area contributed by atoms with Gasteiger partial charge in [0.1, 0.15) is 12.4 Å². The van der Waals surface area contributed by atoms with Crippen molar-refractivity contribution in [2.45, 2.75) is 75.9 Å². The zero-order valence-electron chi connectivity index (χ0n) is 17.8. The Morgan fingerprint density at radius 3 is 2.23 bits per heavy atom. The van der Waals surface area contributed by atoms with Gasteiger partial charge >= 0.3 is 0 Å². The topological polar surface area (TPSA) is 48.5 Å². The van der Waals surface area contributed by atoms with Crippen LogP contribution in [0.25, 0.3) is 0 Å². The van der Waals surface area contributed by atoms with Crippen molar-refractivity contribution in [1.29, 1.82) is 5.26 Å². The van der Waals surface area contributed by atoms with Gasteiger partial charge in [0, 0.05) is 30.5 Å². The van der Waals surface area contributed by atoms with E-state index < -0.39 is 0 Å². The van der Waals surface area contributed by atoms with Gasteiger partial charge < -0.3 is 9.80 Å². The van der Waals surface area contributed by atoms with Gasteiger partial charge in [-0.05, 0) is 68.4 Å². The van der Waals surface area contributed by atoms with Crippen LogP contribution in [0.15, 0.2) is 24.3 Å². The Morgan fingerprint density at radius 1 is 1.10 bits per heavy atom. The molecule has 5 heteroatoms. The number of rotatable bonds is 8. The van der Waals surface area contributed by atoms with Gasteiger partial charge in [0.15, 0.2) is 6.54 Å². The standard InChI is InChI=1S/C25H32FN3O/c26-22-4-2-18(3-5-22)16-28(23-6-7-23)17-24(30)29(9-1-8-27)25-13-19-10-20(14-25)12-21(11-19)15-25/h2-5,19-21,23H,1,6-7,9-17H2/p+1. The van der Waals surface area contributed by atoms with Gasteiger partial charge in [-0.2, -0.15) is 5.26 Å². The summed E-state index contributed by atoms with van der Waals surface area (Å²) >= 11 is 0. The van der Waals surface area contributed by atoms with Gasteiger partial charge in [0.2, 0.25) is 0 Å². The van der Waals surface area contributed by atoms with Gasteiger partial charge in [0.25, 0.3) is 5.91 Å². The van der Waals surface area contributed by atoms with Crippen molar-refractivity contribution in [3.05, 3.63) is 35.6 Å². The molecule has 4 nitrogen and oxygen atoms in total. The zero-order valence-corrected chi connectivity index (χ0v) is 17.8. The second-order valence-electron chi connectivity index (χ2n) is 10.5. The monoisotopic (exact) mass is 410 g/mol. The lowest BCUT2D eigenvalue weighted by Gasteiger charge is -2.60. The van der Waals surface area contributed by atoms with Gasteiger partial charge in [-0.1, -0.05) is 12.1 Å². The lowest BCUT2D eigenvalue weighted by molar-refractivity contribution is -0.917. The van der Waals surface area contributed by atoms with E-state index in [2.05, 4.69) is 11.0 Å². The summed E-state index contributed by atoms with van der Waals surface area (Å²) in [5.74, 6) is 2.35. The highest BCUT2D eigenvalue weighted by Gasteiger charge is 2.55. The molecule has 1 unspecified atom stereocenters. The first-order valence-electron chi connectivity index (χ1n) is 11.8. The Balaban J connectivity index is 1.33. The molecule has 1 atom stereocenters. The number of carbonyl (C=O) groups excluding carboxylic acids is 1. The molecule has 5 aliphatic rings. The smallest absolute Gasteiger partial charge is 0.278 e. The Kier molecular flexibility index (Phi) is 5.31. The summed E-state index contributed by atoms with van der Waals surface area (Å²) in [7, 11) is 0. The van der Waals surface area contributed by atoms with Crippen LogP contribution < -0.4 is 4.90 Å². The average Bonchev–Trinajstić information content (AvgIpc) is 3.53. The first kappa shape index (κ1) is 20.0. The molecule has 30 heavy (non-hydrogen) atoms. The van der Waals surface area contributed by atoms with Crippen molar-refractivity contribution in [3.8, 4) is 6.07 Å². The van der Waals surface area contributed by atoms with Gasteiger partial charge in [-0.15, -0.1) is 0 Å². The molecule has 1 N–H and O–H groups in total. The number of halogens is 1. The third kappa shape index (κ3) is 3.99. The summed E-state index contributed by atoms with van der Waals surface area (Å²) in [6.45, 7) is 1.84. The van der Waals surface area contributed by atoms with Crippen LogP contribution in [-0.4, -0.2) is 35.5 Å². The summed E-state index contributed by atoms with van der Waals surface area (Å²) in [6, 6.07) is 9.52. The van der Waals surface area contributed by atoms with Crippen molar-refractivity contribution in [2.75, 3.05) is 13.1 Å². The van der Waals surface area contributed by atoms with E-state index in [1.165, 1.54) is 49.1 Å². The van der Waals surface area contributed by atoms with Crippen LogP contribution in [0, 0.1) is 34.9 Å². The predicted octanol–water partition coefficient (Wildman–Crippen LogP) is 3.08. The summed E-state index contributed by atoms with van der Waals surface area (Å²) in [5, 5.41) is 9.25. The lowest BCUT2D eigenvalue weighted by atomic mass is 9.52. The van der Waals surface area contributed by atoms with E-state index in [4.69, 9.17) is 0 Å². The van der Waals surface area contributed by atoms with E-state index in [0.717, 1.165) is 49.1 Å². The van der Waals surface area contributed by atoms with Crippen molar-refractivity contribution in [3.63, 3.8) is 0 Å². The van der Waals surface area contributed by atoms with Crippen molar-refractivity contribution in [1.82, 2.24) is 4.90 Å². The summed E-state index contributed by atoms with van der Waals surface area (Å²) < 4.78 is 13.3. The molecule has 6 rings (SSSR count). The SMILES string of the molecule is N#CCCN(C(=O)C[NH+](Cc1ccc(F)cc1)C1CC1)C12CC3CC(CC(C3)C1)C2. The second-order valence-corrected chi connectivity index (χ2v) is 10.5. The first-order valence-corrected chi connectivity index (χ1v) is 11.8. The van der Waals surface area contributed by atoms with Crippen molar-refractivity contribution >= 4 is 5.91 Å². The Bertz CT molecular complexity index is 791. The molecule has 5 aliphatic carbocycles. The number of amides is 1. The molecular formula is C25H33FN3O+. The number of hydrogen-bond donors (Lipinski definition) is 1. The van der Waals surface area contributed by atoms with E-state index in [-0.39, 0.29) is 17.3 Å². The molecule has 4 bridgehead atoms. The Labute approximate surface area is 179 Å². The minimum Gasteiger partial charge on any atom is -0.331 e. The summed E-state index contributed by atoms with van der Waals surface area (Å²) in [5.41, 5.74) is 1.09. The predicted molar refractivity (Wildman–Crippen MR) is 112 cm³/mol. The molecule has 0 heterocycles. The maximum absolute atomic E-state index is 13.7. The Hall–Kier alpha value is -1.93. The van der Waals surface area contributed by atoms with Gasteiger partial charge in [-0.25, -0.2) is 4.39 Å². The van der Waals surface area contributed by atoms with Crippen LogP contribution in [0.3, 0.4) is 0 Å². The number of nitrogens with zero attached hydrogens (tertiary/aromatic N) is 2. The second kappa shape index (κ2) is 7.96. The quantitative estimate of drug-likeness (QED) is 0.716. The third-order valence-electron chi connectivity index (χ3n) is 8.20. The molecule has 0 aromatic heterocycles. The molecule has 5 fully saturated rings. The number of nitriles is 1. The fourth-order valence-electron chi connectivity index (χ4n) is 7.18. The number of benzene rings is 1. The van der Waals surface area contributed by atoms with Crippen LogP contribution in [0.2, 0.25) is 0 Å². The molecular weight excluding hydrogens is 377 g/mol. The largest absolute Gasteiger partial charge is 0.331 e. The third-order valence-corrected chi connectivity index (χ3v) is 8.20. The molecule has 0 radical (unpaired) electrons. The molecule has 0 saturated heterocycles. The van der Waals surface area contributed by atoms with E-state index >= 15 is 0 Å². The fraction of sp³-hybridized carbons (Fsp3) is 0.680. The minimum atomic E-state index is -0.215. The number of hydrogen-bond acceptors (Lipinski definition) is 2. The summed E-state index contributed by atoms with van der Waals surface area (Å²) in [4.78, 5) is 17.2. The van der Waals surface area contributed by atoms with Crippen LogP contribution >= 0.6 is 0 Å². The Morgan fingerprint density at radius 2 is 1.70 bits per heavy atom. The van der Waals surface area contributed by atoms with Gasteiger partial charge in [0.05, 0.1) is 18.5 Å². The highest BCUT2D eigenvalue weighted by Crippen LogP contribution is 2.57. The average molecular weight is 411 g/mol. The molecule has 1 amide bonds. The number of quaternary nitrogens is 1. The molecule has 0 aliphatic heterocycles. The molecule has 160 valence electrons. The van der Waals surface area contributed by atoms with Crippen LogP contribution in [0.1, 0.15) is 63.4 Å². The van der Waals surface area contributed by atoms with Crippen LogP contribution in [0.5, 0.6) is 0 Å². The summed E-state index contributed by atoms with van der Waals surface area (Å²) in [6.07, 6.45) is 10.2. The molecule has 1 aromatic rings. The normalized spacial score (nSPS) is 32.6. The maximum atomic E-state index is 13.7. The van der Waals surface area contributed by atoms with E-state index in [0.29, 0.717) is 25.6 Å². The van der Waals surface area contributed by atoms with Crippen molar-refractivity contribution in [2.24, 2.45) is 17.8 Å². The highest BCUT2D eigenvalue weighted by molar-refractivity contribution is 5.78. The molecule has 1 aromatic carbocycles. The van der Waals surface area contributed by atoms with Crippen molar-refractivity contribution < 1.29 is 14.1 Å². The lowest BCUT2D eigenvalue weighted by Crippen LogP contribution is -3.13. The van der Waals surface area contributed by atoms with E-state index in [1.807, 2.05) is 12.1 Å². The highest BCUT2D eigenvalue weighted by atomic mass is 19.1. The molecule has 5 saturated carbocycles. The van der Waals surface area contributed by atoms with Crippen LogP contribution in [0.4, 0.5) is 4.39 Å². The van der Waals surface area contributed by atoms with E-state index in [1.54, 1.807) is 0 Å². The first-order chi connectivity index (χ1) is 14.5. The van der Waals surface area contributed by atoms with Crippen LogP contribution in [-0.2, 0) is 11.3 Å².